The average Bonchev–Trinajstić information content (AvgIpc) is 3.17. The predicted octanol–water partition coefficient (Wildman–Crippen LogP) is 3.53. The summed E-state index contributed by atoms with van der Waals surface area (Å²) in [4.78, 5) is 15.8. The molecule has 0 amide bonds. The Morgan fingerprint density at radius 3 is 2.74 bits per heavy atom. The maximum absolute atomic E-state index is 12.8. The zero-order valence-electron chi connectivity index (χ0n) is 15.8. The van der Waals surface area contributed by atoms with Gasteiger partial charge in [0.2, 0.25) is 0 Å². The van der Waals surface area contributed by atoms with Gasteiger partial charge < -0.3 is 14.4 Å². The van der Waals surface area contributed by atoms with Crippen LogP contribution in [0.25, 0.3) is 0 Å². The quantitative estimate of drug-likeness (QED) is 0.581. The van der Waals surface area contributed by atoms with Crippen LogP contribution in [0.2, 0.25) is 0 Å². The molecule has 2 aliphatic rings. The van der Waals surface area contributed by atoms with E-state index in [0.29, 0.717) is 4.64 Å². The van der Waals surface area contributed by atoms with Crippen LogP contribution in [0.5, 0.6) is 0 Å². The lowest BCUT2D eigenvalue weighted by atomic mass is 9.73. The van der Waals surface area contributed by atoms with Crippen molar-refractivity contribution in [3.8, 4) is 0 Å². The van der Waals surface area contributed by atoms with Crippen molar-refractivity contribution in [3.63, 3.8) is 0 Å². The third-order valence-corrected chi connectivity index (χ3v) is 8.23. The van der Waals surface area contributed by atoms with Gasteiger partial charge in [-0.1, -0.05) is 12.2 Å². The molecule has 1 spiro atoms. The highest BCUT2D eigenvalue weighted by Crippen LogP contribution is 2.53. The van der Waals surface area contributed by atoms with Crippen LogP contribution in [0.3, 0.4) is 0 Å². The fraction of sp³-hybridized carbons (Fsp3) is 0.611. The third kappa shape index (κ3) is 3.67. The monoisotopic (exact) mass is 423 g/mol. The molecule has 1 fully saturated rings. The lowest BCUT2D eigenvalue weighted by Crippen LogP contribution is -2.50. The number of H-pyrrole nitrogens is 1. The standard InChI is InChI=1S/C18H25N5OS3/c1-17(2,3)27(24)22-16-15-12(26-11-21-15)8-18(16)4-6-23(7-5-18)13-9-20-14(25)10-19-13/h9-11,16,22H,4-8H2,1-3H3,(H,20,25)/t16-,27?/m1/s1. The van der Waals surface area contributed by atoms with Crippen LogP contribution in [-0.4, -0.2) is 37.3 Å². The second kappa shape index (κ2) is 7.11. The Kier molecular flexibility index (Phi) is 5.09. The van der Waals surface area contributed by atoms with Gasteiger partial charge in [-0.15, -0.1) is 16.1 Å². The van der Waals surface area contributed by atoms with Crippen molar-refractivity contribution in [1.29, 1.82) is 0 Å². The van der Waals surface area contributed by atoms with Crippen LogP contribution in [0.1, 0.15) is 50.2 Å². The molecule has 1 unspecified atom stereocenters. The Bertz CT molecular complexity index is 846. The van der Waals surface area contributed by atoms with E-state index in [1.807, 2.05) is 32.5 Å². The molecule has 0 saturated carbocycles. The van der Waals surface area contributed by atoms with Gasteiger partial charge in [0.1, 0.15) is 21.2 Å². The molecule has 27 heavy (non-hydrogen) atoms. The first-order valence-corrected chi connectivity index (χ1v) is 11.6. The molecule has 2 aromatic rings. The minimum atomic E-state index is -1.12. The predicted molar refractivity (Wildman–Crippen MR) is 113 cm³/mol. The highest BCUT2D eigenvalue weighted by molar-refractivity contribution is 7.90. The van der Waals surface area contributed by atoms with Crippen LogP contribution in [0.4, 0.5) is 5.82 Å². The Morgan fingerprint density at radius 1 is 1.37 bits per heavy atom. The fourth-order valence-corrected chi connectivity index (χ4v) is 5.97. The van der Waals surface area contributed by atoms with E-state index in [1.165, 1.54) is 4.88 Å². The van der Waals surface area contributed by atoms with Gasteiger partial charge in [0, 0.05) is 40.9 Å². The third-order valence-electron chi connectivity index (χ3n) is 5.59. The summed E-state index contributed by atoms with van der Waals surface area (Å²) in [5, 5.41) is 0. The van der Waals surface area contributed by atoms with E-state index in [1.54, 1.807) is 17.5 Å². The minimum absolute atomic E-state index is 0.0514. The molecule has 3 heterocycles. The van der Waals surface area contributed by atoms with Gasteiger partial charge in [-0.2, -0.15) is 0 Å². The second-order valence-corrected chi connectivity index (χ2v) is 11.8. The second-order valence-electron chi connectivity index (χ2n) is 8.39. The molecule has 0 bridgehead atoms. The molecule has 2 N–H and O–H groups in total. The summed E-state index contributed by atoms with van der Waals surface area (Å²) < 4.78 is 16.6. The number of hydrogen-bond acceptors (Lipinski definition) is 7. The van der Waals surface area contributed by atoms with Crippen molar-refractivity contribution in [3.05, 3.63) is 33.1 Å². The molecule has 2 aromatic heterocycles. The number of thiazole rings is 1. The molecular weight excluding hydrogens is 398 g/mol. The maximum atomic E-state index is 12.8. The van der Waals surface area contributed by atoms with Crippen LogP contribution in [0.15, 0.2) is 17.9 Å². The van der Waals surface area contributed by atoms with Crippen LogP contribution in [-0.2, 0) is 17.8 Å². The molecule has 146 valence electrons. The maximum Gasteiger partial charge on any atom is 0.144 e. The number of anilines is 1. The molecule has 1 aliphatic heterocycles. The van der Waals surface area contributed by atoms with Gasteiger partial charge in [0.15, 0.2) is 0 Å². The lowest BCUT2D eigenvalue weighted by Gasteiger charge is -2.43. The number of piperidine rings is 1. The van der Waals surface area contributed by atoms with Gasteiger partial charge in [-0.3, -0.25) is 0 Å². The van der Waals surface area contributed by atoms with Crippen LogP contribution < -0.4 is 9.62 Å². The summed E-state index contributed by atoms with van der Waals surface area (Å²) in [6.07, 6.45) is 6.64. The van der Waals surface area contributed by atoms with Gasteiger partial charge in [0.25, 0.3) is 0 Å². The Hall–Kier alpha value is -1.00. The summed E-state index contributed by atoms with van der Waals surface area (Å²) in [5.74, 6) is 0.937. The highest BCUT2D eigenvalue weighted by atomic mass is 32.2. The van der Waals surface area contributed by atoms with E-state index in [9.17, 15) is 4.55 Å². The molecule has 4 rings (SSSR count). The summed E-state index contributed by atoms with van der Waals surface area (Å²) in [7, 11) is 0. The Balaban J connectivity index is 1.54. The molecule has 1 aliphatic carbocycles. The molecule has 0 radical (unpaired) electrons. The Labute approximate surface area is 172 Å². The number of nitrogens with zero attached hydrogens (tertiary/aromatic N) is 3. The largest absolute Gasteiger partial charge is 0.598 e. The highest BCUT2D eigenvalue weighted by Gasteiger charge is 2.52. The van der Waals surface area contributed by atoms with E-state index in [0.717, 1.165) is 43.9 Å². The Morgan fingerprint density at radius 2 is 2.11 bits per heavy atom. The number of aromatic amines is 1. The first-order valence-electron chi connectivity index (χ1n) is 9.18. The van der Waals surface area contributed by atoms with Crippen molar-refractivity contribution in [2.24, 2.45) is 5.41 Å². The number of nitrogens with one attached hydrogen (secondary N) is 2. The molecule has 9 heteroatoms. The van der Waals surface area contributed by atoms with Crippen molar-refractivity contribution in [2.75, 3.05) is 18.0 Å². The zero-order valence-corrected chi connectivity index (χ0v) is 18.3. The summed E-state index contributed by atoms with van der Waals surface area (Å²) in [6, 6.07) is 0.0514. The molecule has 1 saturated heterocycles. The van der Waals surface area contributed by atoms with E-state index in [2.05, 4.69) is 24.6 Å². The average molecular weight is 424 g/mol. The summed E-state index contributed by atoms with van der Waals surface area (Å²) in [6.45, 7) is 7.87. The van der Waals surface area contributed by atoms with E-state index in [4.69, 9.17) is 12.2 Å². The number of aromatic nitrogens is 3. The van der Waals surface area contributed by atoms with E-state index in [-0.39, 0.29) is 16.2 Å². The number of fused-ring (bicyclic) bond motifs is 1. The van der Waals surface area contributed by atoms with E-state index < -0.39 is 11.4 Å². The van der Waals surface area contributed by atoms with Crippen molar-refractivity contribution < 1.29 is 4.55 Å². The summed E-state index contributed by atoms with van der Waals surface area (Å²) in [5.41, 5.74) is 3.10. The zero-order chi connectivity index (χ0) is 19.2. The molecular formula is C18H25N5OS3. The van der Waals surface area contributed by atoms with Crippen molar-refractivity contribution in [2.45, 2.75) is 50.8 Å². The first-order chi connectivity index (χ1) is 12.8. The van der Waals surface area contributed by atoms with Gasteiger partial charge >= 0.3 is 0 Å². The minimum Gasteiger partial charge on any atom is -0.598 e. The lowest BCUT2D eigenvalue weighted by molar-refractivity contribution is 0.174. The van der Waals surface area contributed by atoms with Crippen LogP contribution >= 0.6 is 23.6 Å². The molecule has 6 nitrogen and oxygen atoms in total. The molecule has 2 atom stereocenters. The summed E-state index contributed by atoms with van der Waals surface area (Å²) >= 11 is 5.69. The SMILES string of the molecule is CC(C)(C)[S+]([O-])N[C@@H]1c2ncsc2CC12CCN(c1c[nH]c(=S)cn1)CC2. The van der Waals surface area contributed by atoms with Crippen molar-refractivity contribution >= 4 is 40.7 Å². The van der Waals surface area contributed by atoms with Crippen molar-refractivity contribution in [1.82, 2.24) is 19.7 Å². The van der Waals surface area contributed by atoms with Gasteiger partial charge in [-0.25, -0.2) is 9.97 Å². The fourth-order valence-electron chi connectivity index (χ4n) is 3.98. The smallest absolute Gasteiger partial charge is 0.144 e. The number of hydrogen-bond donors (Lipinski definition) is 2. The van der Waals surface area contributed by atoms with Crippen LogP contribution in [0, 0.1) is 10.1 Å². The van der Waals surface area contributed by atoms with Gasteiger partial charge in [-0.05, 0) is 40.0 Å². The van der Waals surface area contributed by atoms with E-state index >= 15 is 0 Å². The number of rotatable bonds is 3. The first kappa shape index (κ1) is 19.3. The van der Waals surface area contributed by atoms with Gasteiger partial charge in [0.05, 0.1) is 17.4 Å². The molecule has 0 aromatic carbocycles. The topological polar surface area (TPSA) is 79.9 Å². The normalized spacial score (nSPS) is 22.8.